The standard InChI is InChI=1S/C24H26N2O3/c1-4-29-24(28)21-16(2)22(26-17(21)3)20(27)15-25-23(18-11-7-5-8-12-18)19-13-9-6-10-14-19/h5-14,23,25-26H,4,15H2,1-3H3. The Balaban J connectivity index is 1.81. The maximum absolute atomic E-state index is 12.9. The van der Waals surface area contributed by atoms with Crippen molar-refractivity contribution in [2.24, 2.45) is 0 Å². The average Bonchev–Trinajstić information content (AvgIpc) is 3.04. The molecule has 0 aliphatic heterocycles. The van der Waals surface area contributed by atoms with Crippen molar-refractivity contribution in [3.8, 4) is 0 Å². The van der Waals surface area contributed by atoms with E-state index in [1.165, 1.54) is 0 Å². The van der Waals surface area contributed by atoms with Gasteiger partial charge in [-0.25, -0.2) is 4.79 Å². The SMILES string of the molecule is CCOC(=O)c1c(C)[nH]c(C(=O)CNC(c2ccccc2)c2ccccc2)c1C. The van der Waals surface area contributed by atoms with Crippen LogP contribution in [0.4, 0.5) is 0 Å². The summed E-state index contributed by atoms with van der Waals surface area (Å²) in [4.78, 5) is 28.2. The van der Waals surface area contributed by atoms with Gasteiger partial charge in [0.1, 0.15) is 0 Å². The lowest BCUT2D eigenvalue weighted by Crippen LogP contribution is -2.29. The van der Waals surface area contributed by atoms with Gasteiger partial charge in [0.15, 0.2) is 5.78 Å². The van der Waals surface area contributed by atoms with E-state index in [0.29, 0.717) is 29.1 Å². The first-order valence-electron chi connectivity index (χ1n) is 9.75. The van der Waals surface area contributed by atoms with Crippen LogP contribution >= 0.6 is 0 Å². The molecule has 0 atom stereocenters. The molecule has 0 amide bonds. The number of Topliss-reactive ketones (excluding diaryl/α,β-unsaturated/α-hetero) is 1. The van der Waals surface area contributed by atoms with E-state index < -0.39 is 5.97 Å². The quantitative estimate of drug-likeness (QED) is 0.443. The maximum atomic E-state index is 12.9. The van der Waals surface area contributed by atoms with Crippen molar-refractivity contribution in [1.82, 2.24) is 10.3 Å². The van der Waals surface area contributed by atoms with Gasteiger partial charge in [0.25, 0.3) is 0 Å². The van der Waals surface area contributed by atoms with E-state index in [-0.39, 0.29) is 18.4 Å². The second-order valence-corrected chi connectivity index (χ2v) is 6.90. The minimum atomic E-state index is -0.405. The summed E-state index contributed by atoms with van der Waals surface area (Å²) in [5.41, 5.74) is 4.32. The highest BCUT2D eigenvalue weighted by Crippen LogP contribution is 2.23. The molecule has 0 aliphatic rings. The summed E-state index contributed by atoms with van der Waals surface area (Å²) < 4.78 is 5.11. The highest BCUT2D eigenvalue weighted by molar-refractivity contribution is 6.02. The Hall–Kier alpha value is -3.18. The Kier molecular flexibility index (Phi) is 6.62. The summed E-state index contributed by atoms with van der Waals surface area (Å²) in [6.07, 6.45) is 0. The number of esters is 1. The number of carbonyl (C=O) groups is 2. The third kappa shape index (κ3) is 4.63. The van der Waals surface area contributed by atoms with Crippen molar-refractivity contribution in [1.29, 1.82) is 0 Å². The molecule has 0 spiro atoms. The molecule has 2 N–H and O–H groups in total. The summed E-state index contributed by atoms with van der Waals surface area (Å²) in [6, 6.07) is 19.9. The lowest BCUT2D eigenvalue weighted by Gasteiger charge is -2.19. The molecule has 1 heterocycles. The van der Waals surface area contributed by atoms with Gasteiger partial charge in [-0.1, -0.05) is 60.7 Å². The van der Waals surface area contributed by atoms with Gasteiger partial charge in [-0.15, -0.1) is 0 Å². The Bertz CT molecular complexity index is 939. The molecule has 150 valence electrons. The normalized spacial score (nSPS) is 10.9. The zero-order valence-corrected chi connectivity index (χ0v) is 17.0. The van der Waals surface area contributed by atoms with Crippen LogP contribution in [0.3, 0.4) is 0 Å². The lowest BCUT2D eigenvalue weighted by molar-refractivity contribution is 0.0525. The van der Waals surface area contributed by atoms with Crippen LogP contribution in [0.25, 0.3) is 0 Å². The predicted molar refractivity (Wildman–Crippen MR) is 113 cm³/mol. The summed E-state index contributed by atoms with van der Waals surface area (Å²) >= 11 is 0. The van der Waals surface area contributed by atoms with Crippen molar-refractivity contribution in [2.75, 3.05) is 13.2 Å². The highest BCUT2D eigenvalue weighted by atomic mass is 16.5. The highest BCUT2D eigenvalue weighted by Gasteiger charge is 2.23. The molecule has 1 aromatic heterocycles. The molecular weight excluding hydrogens is 364 g/mol. The zero-order valence-electron chi connectivity index (χ0n) is 17.0. The fourth-order valence-electron chi connectivity index (χ4n) is 3.54. The number of ether oxygens (including phenoxy) is 1. The molecule has 0 radical (unpaired) electrons. The molecule has 5 heteroatoms. The van der Waals surface area contributed by atoms with E-state index in [9.17, 15) is 9.59 Å². The van der Waals surface area contributed by atoms with E-state index in [0.717, 1.165) is 11.1 Å². The smallest absolute Gasteiger partial charge is 0.340 e. The van der Waals surface area contributed by atoms with Crippen molar-refractivity contribution in [3.05, 3.63) is 94.3 Å². The minimum absolute atomic E-state index is 0.0991. The Labute approximate surface area is 171 Å². The van der Waals surface area contributed by atoms with Crippen molar-refractivity contribution in [3.63, 3.8) is 0 Å². The molecule has 5 nitrogen and oxygen atoms in total. The summed E-state index contributed by atoms with van der Waals surface area (Å²) in [5.74, 6) is -0.504. The largest absolute Gasteiger partial charge is 0.462 e. The molecule has 3 aromatic rings. The molecule has 29 heavy (non-hydrogen) atoms. The average molecular weight is 390 g/mol. The van der Waals surface area contributed by atoms with Crippen molar-refractivity contribution in [2.45, 2.75) is 26.8 Å². The van der Waals surface area contributed by atoms with Crippen LogP contribution in [0.2, 0.25) is 0 Å². The second kappa shape index (κ2) is 9.34. The fourth-order valence-corrected chi connectivity index (χ4v) is 3.54. The monoisotopic (exact) mass is 390 g/mol. The first-order chi connectivity index (χ1) is 14.0. The van der Waals surface area contributed by atoms with Crippen LogP contribution in [0.5, 0.6) is 0 Å². The molecule has 3 rings (SSSR count). The molecule has 2 aromatic carbocycles. The van der Waals surface area contributed by atoms with Crippen LogP contribution in [0.15, 0.2) is 60.7 Å². The van der Waals surface area contributed by atoms with Gasteiger partial charge >= 0.3 is 5.97 Å². The number of benzene rings is 2. The number of nitrogens with one attached hydrogen (secondary N) is 2. The number of aryl methyl sites for hydroxylation is 1. The van der Waals surface area contributed by atoms with Gasteiger partial charge in [-0.05, 0) is 37.5 Å². The first-order valence-corrected chi connectivity index (χ1v) is 9.75. The summed E-state index contributed by atoms with van der Waals surface area (Å²) in [5, 5.41) is 3.38. The number of hydrogen-bond acceptors (Lipinski definition) is 4. The molecule has 0 saturated carbocycles. The minimum Gasteiger partial charge on any atom is -0.462 e. The van der Waals surface area contributed by atoms with Gasteiger partial charge in [0.2, 0.25) is 0 Å². The van der Waals surface area contributed by atoms with Gasteiger partial charge in [-0.3, -0.25) is 10.1 Å². The number of rotatable bonds is 8. The topological polar surface area (TPSA) is 71.2 Å². The molecule has 0 saturated heterocycles. The molecule has 0 bridgehead atoms. The summed E-state index contributed by atoms with van der Waals surface area (Å²) in [6.45, 7) is 5.74. The van der Waals surface area contributed by atoms with Crippen molar-refractivity contribution < 1.29 is 14.3 Å². The summed E-state index contributed by atoms with van der Waals surface area (Å²) in [7, 11) is 0. The molecule has 0 unspecified atom stereocenters. The molecule has 0 fully saturated rings. The first kappa shape index (κ1) is 20.6. The molecule has 0 aliphatic carbocycles. The van der Waals surface area contributed by atoms with Gasteiger partial charge < -0.3 is 9.72 Å². The van der Waals surface area contributed by atoms with Gasteiger partial charge in [-0.2, -0.15) is 0 Å². The van der Waals surface area contributed by atoms with Gasteiger partial charge in [0.05, 0.1) is 30.5 Å². The third-order valence-electron chi connectivity index (χ3n) is 4.93. The number of carbonyl (C=O) groups excluding carboxylic acids is 2. The third-order valence-corrected chi connectivity index (χ3v) is 4.93. The Morgan fingerprint density at radius 1 is 0.966 bits per heavy atom. The number of aromatic amines is 1. The van der Waals surface area contributed by atoms with Crippen LogP contribution in [-0.2, 0) is 4.74 Å². The van der Waals surface area contributed by atoms with E-state index in [4.69, 9.17) is 4.74 Å². The second-order valence-electron chi connectivity index (χ2n) is 6.90. The van der Waals surface area contributed by atoms with Crippen LogP contribution in [0.1, 0.15) is 56.2 Å². The number of hydrogen-bond donors (Lipinski definition) is 2. The van der Waals surface area contributed by atoms with E-state index >= 15 is 0 Å². The van der Waals surface area contributed by atoms with E-state index in [1.54, 1.807) is 20.8 Å². The molecular formula is C24H26N2O3. The fraction of sp³-hybridized carbons (Fsp3) is 0.250. The van der Waals surface area contributed by atoms with E-state index in [2.05, 4.69) is 10.3 Å². The van der Waals surface area contributed by atoms with Crippen LogP contribution in [0, 0.1) is 13.8 Å². The maximum Gasteiger partial charge on any atom is 0.340 e. The number of aromatic nitrogens is 1. The van der Waals surface area contributed by atoms with Gasteiger partial charge in [0, 0.05) is 5.69 Å². The van der Waals surface area contributed by atoms with Crippen LogP contribution in [-0.4, -0.2) is 29.9 Å². The zero-order chi connectivity index (χ0) is 20.8. The Morgan fingerprint density at radius 3 is 2.03 bits per heavy atom. The number of ketones is 1. The lowest BCUT2D eigenvalue weighted by atomic mass is 9.98. The predicted octanol–water partition coefficient (Wildman–Crippen LogP) is 4.37. The van der Waals surface area contributed by atoms with E-state index in [1.807, 2.05) is 60.7 Å². The van der Waals surface area contributed by atoms with Crippen molar-refractivity contribution >= 4 is 11.8 Å². The Morgan fingerprint density at radius 2 is 1.52 bits per heavy atom. The van der Waals surface area contributed by atoms with Crippen LogP contribution < -0.4 is 5.32 Å². The number of H-pyrrole nitrogens is 1.